The van der Waals surface area contributed by atoms with E-state index in [0.29, 0.717) is 25.1 Å². The minimum atomic E-state index is -5.08. The van der Waals surface area contributed by atoms with Gasteiger partial charge in [0, 0.05) is 46.3 Å². The van der Waals surface area contributed by atoms with Gasteiger partial charge in [0.1, 0.15) is 0 Å². The maximum absolute atomic E-state index is 13.3. The van der Waals surface area contributed by atoms with Crippen LogP contribution in [0.15, 0.2) is 47.3 Å². The average Bonchev–Trinajstić information content (AvgIpc) is 3.49. The normalized spacial score (nSPS) is 16.1. The van der Waals surface area contributed by atoms with Crippen molar-refractivity contribution in [1.29, 1.82) is 0 Å². The molecule has 4 rings (SSSR count). The van der Waals surface area contributed by atoms with Gasteiger partial charge in [0.15, 0.2) is 0 Å². The summed E-state index contributed by atoms with van der Waals surface area (Å²) < 4.78 is 32.6. The molecule has 1 unspecified atom stereocenters. The van der Waals surface area contributed by atoms with Gasteiger partial charge in [-0.2, -0.15) is 13.2 Å². The molecule has 10 nitrogen and oxygen atoms in total. The van der Waals surface area contributed by atoms with Crippen molar-refractivity contribution >= 4 is 39.3 Å². The lowest BCUT2D eigenvalue weighted by atomic mass is 10.0. The molecule has 3 N–H and O–H groups in total. The van der Waals surface area contributed by atoms with Crippen LogP contribution in [0.4, 0.5) is 13.2 Å². The van der Waals surface area contributed by atoms with E-state index in [-0.39, 0.29) is 35.3 Å². The van der Waals surface area contributed by atoms with Crippen molar-refractivity contribution in [3.63, 3.8) is 0 Å². The van der Waals surface area contributed by atoms with E-state index in [4.69, 9.17) is 9.90 Å². The third-order valence-corrected chi connectivity index (χ3v) is 7.41. The first-order chi connectivity index (χ1) is 19.1. The number of amides is 2. The van der Waals surface area contributed by atoms with Crippen molar-refractivity contribution in [1.82, 2.24) is 19.7 Å². The highest BCUT2D eigenvalue weighted by molar-refractivity contribution is 7.16. The quantitative estimate of drug-likeness (QED) is 0.382. The topological polar surface area (TPSA) is 134 Å². The van der Waals surface area contributed by atoms with Crippen LogP contribution < -0.4 is 4.87 Å². The minimum Gasteiger partial charge on any atom is -0.475 e. The Morgan fingerprint density at radius 2 is 1.83 bits per heavy atom. The number of carboxylic acids is 1. The first-order valence-electron chi connectivity index (χ1n) is 12.5. The second kappa shape index (κ2) is 13.3. The fourth-order valence-corrected chi connectivity index (χ4v) is 5.11. The number of likely N-dealkylation sites (tertiary alicyclic amines) is 1. The van der Waals surface area contributed by atoms with E-state index in [1.165, 1.54) is 4.90 Å². The Hall–Kier alpha value is -3.75. The molecular weight excluding hydrogens is 565 g/mol. The van der Waals surface area contributed by atoms with Crippen LogP contribution >= 0.6 is 11.3 Å². The number of aliphatic carboxylic acids is 1. The second-order valence-corrected chi connectivity index (χ2v) is 10.9. The maximum Gasteiger partial charge on any atom is 0.490 e. The van der Waals surface area contributed by atoms with Crippen molar-refractivity contribution in [3.8, 4) is 0 Å². The number of β-amino-alcohol motifs (C(OH)–C–C–N with tert-alkyl or cyclic N) is 1. The number of halogens is 3. The zero-order chi connectivity index (χ0) is 30.5. The van der Waals surface area contributed by atoms with Crippen LogP contribution in [0.25, 0.3) is 10.2 Å². The number of aliphatic hydroxyl groups excluding tert-OH is 1. The molecule has 2 amide bonds. The molecule has 2 atom stereocenters. The summed E-state index contributed by atoms with van der Waals surface area (Å²) in [5.41, 5.74) is 3.01. The number of thiazole rings is 1. The standard InChI is InChI=1S/C25H30N4O4S.C2HF3O2/c1-27(2)24(32)18-6-4-5-17(13-18)21(15-29-10-9-19(30)14-29)28(3)23(31)12-16-7-8-22-20(11-16)26-25(33)34-22;3-2(4,5)1(6)7/h4-8,11,13,19,21,30H,9-10,12,14-15H2,1-3H3,(H,26,33);(H,6,7)/t19?,21-;/m1./s1. The van der Waals surface area contributed by atoms with Crippen molar-refractivity contribution in [2.45, 2.75) is 31.2 Å². The van der Waals surface area contributed by atoms with E-state index >= 15 is 0 Å². The number of aliphatic hydroxyl groups is 1. The van der Waals surface area contributed by atoms with Crippen LogP contribution in [0.5, 0.6) is 0 Å². The zero-order valence-corrected chi connectivity index (χ0v) is 23.5. The highest BCUT2D eigenvalue weighted by Gasteiger charge is 2.38. The number of hydrogen-bond acceptors (Lipinski definition) is 7. The Morgan fingerprint density at radius 3 is 2.41 bits per heavy atom. The summed E-state index contributed by atoms with van der Waals surface area (Å²) in [5, 5.41) is 17.1. The van der Waals surface area contributed by atoms with E-state index in [2.05, 4.69) is 9.88 Å². The predicted octanol–water partition coefficient (Wildman–Crippen LogP) is 2.73. The molecule has 1 aliphatic rings. The Labute approximate surface area is 237 Å². The number of aromatic nitrogens is 1. The molecule has 1 saturated heterocycles. The summed E-state index contributed by atoms with van der Waals surface area (Å²) in [4.78, 5) is 54.5. The van der Waals surface area contributed by atoms with E-state index in [1.807, 2.05) is 36.4 Å². The van der Waals surface area contributed by atoms with E-state index < -0.39 is 12.1 Å². The van der Waals surface area contributed by atoms with Crippen molar-refractivity contribution in [2.75, 3.05) is 40.8 Å². The summed E-state index contributed by atoms with van der Waals surface area (Å²) in [6.07, 6.45) is -4.54. The van der Waals surface area contributed by atoms with E-state index in [0.717, 1.165) is 39.2 Å². The number of nitrogens with zero attached hydrogens (tertiary/aromatic N) is 3. The second-order valence-electron chi connectivity index (χ2n) is 9.87. The number of likely N-dealkylation sites (N-methyl/N-ethyl adjacent to an activating group) is 1. The molecule has 0 bridgehead atoms. The van der Waals surface area contributed by atoms with Gasteiger partial charge in [-0.05, 0) is 41.8 Å². The van der Waals surface area contributed by atoms with Crippen molar-refractivity contribution < 1.29 is 37.8 Å². The number of fused-ring (bicyclic) bond motifs is 1. The number of rotatable bonds is 7. The van der Waals surface area contributed by atoms with Gasteiger partial charge in [0.2, 0.25) is 5.91 Å². The molecule has 1 fully saturated rings. The number of hydrogen-bond donors (Lipinski definition) is 3. The number of carboxylic acid groups (broad SMARTS) is 1. The van der Waals surface area contributed by atoms with Gasteiger partial charge >= 0.3 is 17.0 Å². The van der Waals surface area contributed by atoms with E-state index in [9.17, 15) is 32.7 Å². The molecule has 1 aliphatic heterocycles. The molecule has 0 radical (unpaired) electrons. The summed E-state index contributed by atoms with van der Waals surface area (Å²) >= 11 is 1.15. The molecule has 41 heavy (non-hydrogen) atoms. The van der Waals surface area contributed by atoms with Crippen LogP contribution in [0.2, 0.25) is 0 Å². The molecule has 222 valence electrons. The Bertz CT molecular complexity index is 1450. The fourth-order valence-electron chi connectivity index (χ4n) is 4.39. The Morgan fingerprint density at radius 1 is 1.15 bits per heavy atom. The van der Waals surface area contributed by atoms with E-state index in [1.54, 1.807) is 32.1 Å². The molecule has 1 aromatic heterocycles. The molecule has 0 spiro atoms. The van der Waals surface area contributed by atoms with Gasteiger partial charge in [-0.1, -0.05) is 29.5 Å². The van der Waals surface area contributed by atoms with Gasteiger partial charge in [-0.15, -0.1) is 0 Å². The Balaban J connectivity index is 0.000000587. The van der Waals surface area contributed by atoms with Gasteiger partial charge in [-0.25, -0.2) is 4.79 Å². The lowest BCUT2D eigenvalue weighted by Gasteiger charge is -2.32. The SMILES string of the molecule is CN(C)C(=O)c1cccc([C@@H](CN2CCC(O)C2)N(C)C(=O)Cc2ccc3sc(=O)[nH]c3c2)c1.O=C(O)C(F)(F)F. The molecule has 0 aliphatic carbocycles. The molecule has 3 aromatic rings. The monoisotopic (exact) mass is 596 g/mol. The Kier molecular flexibility index (Phi) is 10.3. The molecular formula is C27H31F3N4O6S. The number of aromatic amines is 1. The summed E-state index contributed by atoms with van der Waals surface area (Å²) in [6.45, 7) is 1.89. The summed E-state index contributed by atoms with van der Waals surface area (Å²) in [5.74, 6) is -2.91. The minimum absolute atomic E-state index is 0.0639. The number of carbonyl (C=O) groups excluding carboxylic acids is 2. The van der Waals surface area contributed by atoms with Gasteiger partial charge in [-0.3, -0.25) is 19.3 Å². The number of nitrogens with one attached hydrogen (secondary N) is 1. The van der Waals surface area contributed by atoms with Gasteiger partial charge in [0.25, 0.3) is 5.91 Å². The first kappa shape index (κ1) is 31.8. The van der Waals surface area contributed by atoms with Crippen LogP contribution in [-0.2, 0) is 16.0 Å². The molecule has 2 aromatic carbocycles. The lowest BCUT2D eigenvalue weighted by molar-refractivity contribution is -0.192. The van der Waals surface area contributed by atoms with Gasteiger partial charge < -0.3 is 25.0 Å². The number of alkyl halides is 3. The summed E-state index contributed by atoms with van der Waals surface area (Å²) in [7, 11) is 5.21. The molecule has 0 saturated carbocycles. The van der Waals surface area contributed by atoms with Crippen molar-refractivity contribution in [3.05, 3.63) is 68.8 Å². The zero-order valence-electron chi connectivity index (χ0n) is 22.6. The number of H-pyrrole nitrogens is 1. The first-order valence-corrected chi connectivity index (χ1v) is 13.4. The van der Waals surface area contributed by atoms with Crippen LogP contribution in [0, 0.1) is 0 Å². The fraction of sp³-hybridized carbons (Fsp3) is 0.407. The predicted molar refractivity (Wildman–Crippen MR) is 147 cm³/mol. The third-order valence-electron chi connectivity index (χ3n) is 6.55. The molecule has 14 heteroatoms. The number of carbonyl (C=O) groups is 3. The molecule has 2 heterocycles. The number of benzene rings is 2. The van der Waals surface area contributed by atoms with Gasteiger partial charge in [0.05, 0.1) is 28.8 Å². The smallest absolute Gasteiger partial charge is 0.475 e. The van der Waals surface area contributed by atoms with Crippen LogP contribution in [0.3, 0.4) is 0 Å². The van der Waals surface area contributed by atoms with Crippen molar-refractivity contribution in [2.24, 2.45) is 0 Å². The maximum atomic E-state index is 13.3. The average molecular weight is 597 g/mol. The highest BCUT2D eigenvalue weighted by Crippen LogP contribution is 2.26. The summed E-state index contributed by atoms with van der Waals surface area (Å²) in [6, 6.07) is 12.7. The van der Waals surface area contributed by atoms with Crippen LogP contribution in [-0.4, -0.2) is 101 Å². The highest BCUT2D eigenvalue weighted by atomic mass is 32.1. The van der Waals surface area contributed by atoms with Crippen LogP contribution in [0.1, 0.15) is 33.9 Å². The largest absolute Gasteiger partial charge is 0.490 e. The lowest BCUT2D eigenvalue weighted by Crippen LogP contribution is -2.39. The third kappa shape index (κ3) is 8.62.